The van der Waals surface area contributed by atoms with Gasteiger partial charge in [-0.1, -0.05) is 0 Å². The van der Waals surface area contributed by atoms with Crippen LogP contribution in [0.5, 0.6) is 0 Å². The molecule has 0 aliphatic rings. The first-order valence-corrected chi connectivity index (χ1v) is 4.16. The fraction of sp³-hybridized carbons (Fsp3) is 1.00. The summed E-state index contributed by atoms with van der Waals surface area (Å²) in [5.74, 6) is 0. The molecule has 3 unspecified atom stereocenters. The van der Waals surface area contributed by atoms with Crippen LogP contribution in [0.4, 0.5) is 0 Å². The van der Waals surface area contributed by atoms with E-state index >= 15 is 0 Å². The molecule has 4 nitrogen and oxygen atoms in total. The van der Waals surface area contributed by atoms with Gasteiger partial charge in [0.15, 0.2) is 0 Å². The summed E-state index contributed by atoms with van der Waals surface area (Å²) in [6.07, 6.45) is -0.486. The monoisotopic (exact) mass is 190 g/mol. The van der Waals surface area contributed by atoms with Crippen molar-refractivity contribution in [1.82, 2.24) is 0 Å². The van der Waals surface area contributed by atoms with Crippen LogP contribution >= 0.6 is 8.25 Å². The Balaban J connectivity index is 0. The van der Waals surface area contributed by atoms with Crippen molar-refractivity contribution in [2.24, 2.45) is 0 Å². The van der Waals surface area contributed by atoms with Crippen LogP contribution in [0.3, 0.4) is 0 Å². The van der Waals surface area contributed by atoms with Crippen molar-refractivity contribution in [3.63, 3.8) is 0 Å². The van der Waals surface area contributed by atoms with Gasteiger partial charge in [-0.25, -0.2) is 0 Å². The summed E-state index contributed by atoms with van der Waals surface area (Å²) in [6, 6.07) is 0. The second-order valence-electron chi connectivity index (χ2n) is 2.24. The van der Waals surface area contributed by atoms with Gasteiger partial charge in [-0.3, -0.25) is 0 Å². The molecule has 0 saturated carbocycles. The van der Waals surface area contributed by atoms with Gasteiger partial charge in [-0.2, -0.15) is 0 Å². The molecule has 0 bridgehead atoms. The van der Waals surface area contributed by atoms with E-state index in [0.717, 1.165) is 0 Å². The fourth-order valence-electron chi connectivity index (χ4n) is 0.677. The first-order valence-electron chi connectivity index (χ1n) is 3.03. The Kier molecular flexibility index (Phi) is 10.0. The van der Waals surface area contributed by atoms with Gasteiger partial charge in [0.05, 0.1) is 6.10 Å². The van der Waals surface area contributed by atoms with E-state index in [2.05, 4.69) is 4.52 Å². The molecule has 0 spiro atoms. The van der Waals surface area contributed by atoms with Gasteiger partial charge in [0.1, 0.15) is 6.10 Å². The Morgan fingerprint density at radius 2 is 2.00 bits per heavy atom. The number of aliphatic hydroxyl groups is 1. The van der Waals surface area contributed by atoms with Gasteiger partial charge in [0.25, 0.3) is 0 Å². The van der Waals surface area contributed by atoms with E-state index < -0.39 is 14.4 Å². The van der Waals surface area contributed by atoms with Gasteiger partial charge < -0.3 is 5.11 Å². The SMILES string of the molecule is CC(O)CC(C)O[P+](=O)O.[Na]. The zero-order chi connectivity index (χ0) is 8.15. The molecule has 0 rings (SSSR count). The van der Waals surface area contributed by atoms with Crippen molar-refractivity contribution in [3.05, 3.63) is 0 Å². The zero-order valence-corrected chi connectivity index (χ0v) is 9.91. The van der Waals surface area contributed by atoms with Crippen LogP contribution in [-0.4, -0.2) is 51.8 Å². The third-order valence-electron chi connectivity index (χ3n) is 0.943. The van der Waals surface area contributed by atoms with Crippen LogP contribution in [-0.2, 0) is 9.09 Å². The third-order valence-corrected chi connectivity index (χ3v) is 1.48. The van der Waals surface area contributed by atoms with Crippen molar-refractivity contribution in [3.8, 4) is 0 Å². The van der Waals surface area contributed by atoms with Gasteiger partial charge >= 0.3 is 8.25 Å². The molecule has 11 heavy (non-hydrogen) atoms. The van der Waals surface area contributed by atoms with E-state index in [1.165, 1.54) is 0 Å². The number of aliphatic hydroxyl groups excluding tert-OH is 1. The van der Waals surface area contributed by atoms with Crippen LogP contribution in [0.2, 0.25) is 0 Å². The smallest absolute Gasteiger partial charge is 0.393 e. The van der Waals surface area contributed by atoms with Crippen LogP contribution in [0, 0.1) is 0 Å². The summed E-state index contributed by atoms with van der Waals surface area (Å²) in [7, 11) is -2.53. The van der Waals surface area contributed by atoms with Gasteiger partial charge in [-0.15, -0.1) is 9.42 Å². The minimum Gasteiger partial charge on any atom is -0.393 e. The number of rotatable bonds is 4. The van der Waals surface area contributed by atoms with E-state index in [0.29, 0.717) is 6.42 Å². The minimum absolute atomic E-state index is 0. The second kappa shape index (κ2) is 7.62. The molecule has 0 aromatic heterocycles. The third kappa shape index (κ3) is 11.0. The Morgan fingerprint density at radius 3 is 2.27 bits per heavy atom. The largest absolute Gasteiger partial charge is 0.694 e. The molecule has 0 amide bonds. The summed E-state index contributed by atoms with van der Waals surface area (Å²) < 4.78 is 14.5. The summed E-state index contributed by atoms with van der Waals surface area (Å²) in [6.45, 7) is 3.24. The quantitative estimate of drug-likeness (QED) is 0.498. The molecule has 0 aromatic rings. The summed E-state index contributed by atoms with van der Waals surface area (Å²) >= 11 is 0. The van der Waals surface area contributed by atoms with E-state index in [1.807, 2.05) is 0 Å². The molecule has 1 radical (unpaired) electrons. The van der Waals surface area contributed by atoms with Crippen molar-refractivity contribution >= 4 is 37.8 Å². The Hall–Kier alpha value is 0.980. The molecule has 61 valence electrons. The molecule has 0 heterocycles. The average molecular weight is 190 g/mol. The standard InChI is InChI=1S/C5H11O4P.Na/c1-4(6)3-5(2)9-10(7)8;/h4-6H,3H2,1-2H3;/p+1. The van der Waals surface area contributed by atoms with Crippen molar-refractivity contribution in [2.75, 3.05) is 0 Å². The Bertz CT molecular complexity index is 119. The first-order chi connectivity index (χ1) is 4.52. The van der Waals surface area contributed by atoms with E-state index in [9.17, 15) is 4.57 Å². The summed E-state index contributed by atoms with van der Waals surface area (Å²) in [5, 5.41) is 8.78. The van der Waals surface area contributed by atoms with Crippen LogP contribution in [0.25, 0.3) is 0 Å². The molecule has 0 fully saturated rings. The maximum atomic E-state index is 10.0. The molecule has 0 aliphatic carbocycles. The molecule has 6 heteroatoms. The Morgan fingerprint density at radius 1 is 1.55 bits per heavy atom. The molecular weight excluding hydrogens is 178 g/mol. The van der Waals surface area contributed by atoms with Crippen molar-refractivity contribution in [1.29, 1.82) is 0 Å². The minimum atomic E-state index is -2.53. The predicted molar refractivity (Wildman–Crippen MR) is 42.4 cm³/mol. The van der Waals surface area contributed by atoms with E-state index in [-0.39, 0.29) is 35.7 Å². The zero-order valence-electron chi connectivity index (χ0n) is 7.02. The normalized spacial score (nSPS) is 16.5. The summed E-state index contributed by atoms with van der Waals surface area (Å²) in [4.78, 5) is 8.24. The molecular formula is C5H12NaO4P+. The maximum absolute atomic E-state index is 10.0. The van der Waals surface area contributed by atoms with Gasteiger partial charge in [0.2, 0.25) is 0 Å². The van der Waals surface area contributed by atoms with E-state index in [1.54, 1.807) is 13.8 Å². The average Bonchev–Trinajstić information content (AvgIpc) is 1.58. The van der Waals surface area contributed by atoms with Crippen molar-refractivity contribution < 1.29 is 19.1 Å². The Labute approximate surface area is 89.2 Å². The van der Waals surface area contributed by atoms with Crippen molar-refractivity contribution in [2.45, 2.75) is 32.5 Å². The molecule has 0 aromatic carbocycles. The molecule has 2 N–H and O–H groups in total. The van der Waals surface area contributed by atoms with Crippen LogP contribution in [0.15, 0.2) is 0 Å². The maximum Gasteiger partial charge on any atom is 0.694 e. The van der Waals surface area contributed by atoms with Gasteiger partial charge in [-0.05, 0) is 13.8 Å². The van der Waals surface area contributed by atoms with Crippen LogP contribution < -0.4 is 0 Å². The van der Waals surface area contributed by atoms with Gasteiger partial charge in [0, 0.05) is 40.5 Å². The first kappa shape index (κ1) is 14.5. The molecule has 0 saturated heterocycles. The molecule has 0 aliphatic heterocycles. The number of hydrogen-bond acceptors (Lipinski definition) is 3. The fourth-order valence-corrected chi connectivity index (χ4v) is 1.07. The second-order valence-corrected chi connectivity index (χ2v) is 2.93. The number of hydrogen-bond donors (Lipinski definition) is 2. The topological polar surface area (TPSA) is 66.8 Å². The van der Waals surface area contributed by atoms with E-state index in [4.69, 9.17) is 10.00 Å². The molecule has 3 atom stereocenters. The van der Waals surface area contributed by atoms with Crippen LogP contribution in [0.1, 0.15) is 20.3 Å². The summed E-state index contributed by atoms with van der Waals surface area (Å²) in [5.41, 5.74) is 0. The predicted octanol–water partition coefficient (Wildman–Crippen LogP) is 0.431.